The van der Waals surface area contributed by atoms with Gasteiger partial charge in [-0.05, 0) is 37.5 Å². The molecule has 0 bridgehead atoms. The monoisotopic (exact) mass is 561 g/mol. The number of nitrogens with one attached hydrogen (secondary N) is 2. The Bertz CT molecular complexity index is 1110. The highest BCUT2D eigenvalue weighted by molar-refractivity contribution is 6.30. The Labute approximate surface area is 221 Å². The van der Waals surface area contributed by atoms with E-state index < -0.39 is 54.4 Å². The lowest BCUT2D eigenvalue weighted by Gasteiger charge is -2.39. The van der Waals surface area contributed by atoms with Crippen LogP contribution in [0.25, 0.3) is 0 Å². The highest BCUT2D eigenvalue weighted by Crippen LogP contribution is 2.32. The molecule has 0 spiro atoms. The topological polar surface area (TPSA) is 110 Å². The van der Waals surface area contributed by atoms with Crippen molar-refractivity contribution in [1.29, 1.82) is 0 Å². The van der Waals surface area contributed by atoms with Gasteiger partial charge in [0.2, 0.25) is 5.88 Å². The second-order valence-electron chi connectivity index (χ2n) is 9.06. The maximum absolute atomic E-state index is 13.5. The maximum atomic E-state index is 13.5. The largest absolute Gasteiger partial charge is 0.484 e. The van der Waals surface area contributed by atoms with Gasteiger partial charge in [0.05, 0.1) is 11.1 Å². The van der Waals surface area contributed by atoms with Crippen LogP contribution in [-0.4, -0.2) is 53.3 Å². The van der Waals surface area contributed by atoms with E-state index in [4.69, 9.17) is 21.1 Å². The number of pyridine rings is 1. The van der Waals surface area contributed by atoms with Gasteiger partial charge < -0.3 is 25.2 Å². The summed E-state index contributed by atoms with van der Waals surface area (Å²) >= 11 is 5.61. The summed E-state index contributed by atoms with van der Waals surface area (Å²) in [6.45, 7) is -1.07. The molecule has 1 heterocycles. The first kappa shape index (κ1) is 29.4. The summed E-state index contributed by atoms with van der Waals surface area (Å²) in [5, 5.41) is 15.9. The van der Waals surface area contributed by atoms with Crippen molar-refractivity contribution >= 4 is 23.4 Å². The quantitative estimate of drug-likeness (QED) is 0.357. The standard InChI is InChI=1S/C25H28ClF4N3O5/c26-18-8-7-17(11-19(18)27)37-14-21(35)31-13-16(34)12-24(9-2-1-3-10-24)33-22(36)15-38-23-6-4-5-20(32-23)25(28,29)30/h4-8,11,16,34H,1-3,9-10,12-15H2,(H,31,35)(H,33,36)/t16-/m0/s1. The van der Waals surface area contributed by atoms with Crippen LogP contribution in [0.15, 0.2) is 36.4 Å². The molecule has 3 N–H and O–H groups in total. The average molecular weight is 562 g/mol. The summed E-state index contributed by atoms with van der Waals surface area (Å²) in [6, 6.07) is 6.91. The van der Waals surface area contributed by atoms with Crippen molar-refractivity contribution in [3.63, 3.8) is 0 Å². The van der Waals surface area contributed by atoms with Crippen molar-refractivity contribution in [2.45, 2.75) is 56.3 Å². The molecule has 2 amide bonds. The number of ether oxygens (including phenoxy) is 2. The minimum absolute atomic E-state index is 0.0763. The Morgan fingerprint density at radius 2 is 1.79 bits per heavy atom. The van der Waals surface area contributed by atoms with Crippen molar-refractivity contribution in [1.82, 2.24) is 15.6 Å². The molecule has 1 aromatic heterocycles. The van der Waals surface area contributed by atoms with E-state index >= 15 is 0 Å². The van der Waals surface area contributed by atoms with E-state index in [2.05, 4.69) is 15.6 Å². The van der Waals surface area contributed by atoms with Gasteiger partial charge in [0, 0.05) is 24.2 Å². The molecule has 0 unspecified atom stereocenters. The third-order valence-corrected chi connectivity index (χ3v) is 6.31. The molecular weight excluding hydrogens is 534 g/mol. The molecule has 1 fully saturated rings. The van der Waals surface area contributed by atoms with Gasteiger partial charge in [0.15, 0.2) is 13.2 Å². The first-order chi connectivity index (χ1) is 18.0. The van der Waals surface area contributed by atoms with Gasteiger partial charge in [0.25, 0.3) is 11.8 Å². The SMILES string of the molecule is O=C(COc1ccc(Cl)c(F)c1)NC[C@@H](O)CC1(NC(=O)COc2cccc(C(F)(F)F)n2)CCCCC1. The Kier molecular flexibility index (Phi) is 10.1. The molecule has 1 aliphatic rings. The number of nitrogens with zero attached hydrogens (tertiary/aromatic N) is 1. The molecule has 2 aromatic rings. The van der Waals surface area contributed by atoms with E-state index in [9.17, 15) is 32.3 Å². The normalized spacial score (nSPS) is 15.8. The summed E-state index contributed by atoms with van der Waals surface area (Å²) < 4.78 is 62.4. The maximum Gasteiger partial charge on any atom is 0.433 e. The Balaban J connectivity index is 1.48. The molecule has 0 saturated heterocycles. The number of rotatable bonds is 11. The zero-order chi connectivity index (χ0) is 27.8. The highest BCUT2D eigenvalue weighted by atomic mass is 35.5. The van der Waals surface area contributed by atoms with Gasteiger partial charge in [-0.1, -0.05) is 36.9 Å². The van der Waals surface area contributed by atoms with Crippen LogP contribution in [0, 0.1) is 5.82 Å². The number of hydrogen-bond donors (Lipinski definition) is 3. The van der Waals surface area contributed by atoms with Crippen LogP contribution in [0.4, 0.5) is 17.6 Å². The van der Waals surface area contributed by atoms with E-state index in [1.54, 1.807) is 0 Å². The van der Waals surface area contributed by atoms with Crippen molar-refractivity contribution in [3.05, 3.63) is 52.9 Å². The third-order valence-electron chi connectivity index (χ3n) is 6.00. The number of aliphatic hydroxyl groups excluding tert-OH is 1. The lowest BCUT2D eigenvalue weighted by molar-refractivity contribution is -0.141. The zero-order valence-electron chi connectivity index (χ0n) is 20.3. The van der Waals surface area contributed by atoms with Crippen LogP contribution >= 0.6 is 11.6 Å². The molecule has 0 aliphatic heterocycles. The molecule has 1 saturated carbocycles. The summed E-state index contributed by atoms with van der Waals surface area (Å²) in [5.41, 5.74) is -1.89. The zero-order valence-corrected chi connectivity index (χ0v) is 21.1. The molecule has 3 rings (SSSR count). The van der Waals surface area contributed by atoms with Gasteiger partial charge in [-0.3, -0.25) is 9.59 Å². The average Bonchev–Trinajstić information content (AvgIpc) is 2.87. The lowest BCUT2D eigenvalue weighted by atomic mass is 9.77. The van der Waals surface area contributed by atoms with Crippen LogP contribution in [0.5, 0.6) is 11.6 Å². The smallest absolute Gasteiger partial charge is 0.433 e. The fourth-order valence-corrected chi connectivity index (χ4v) is 4.37. The second-order valence-corrected chi connectivity index (χ2v) is 9.47. The van der Waals surface area contributed by atoms with E-state index in [0.29, 0.717) is 12.8 Å². The molecule has 1 aliphatic carbocycles. The minimum atomic E-state index is -4.64. The number of alkyl halides is 3. The number of aliphatic hydroxyl groups is 1. The number of amides is 2. The predicted octanol–water partition coefficient (Wildman–Crippen LogP) is 4.04. The van der Waals surface area contributed by atoms with Crippen LogP contribution in [0.2, 0.25) is 5.02 Å². The fourth-order valence-electron chi connectivity index (χ4n) is 4.25. The van der Waals surface area contributed by atoms with Crippen molar-refractivity contribution in [2.24, 2.45) is 0 Å². The number of carbonyl (C=O) groups excluding carboxylic acids is 2. The molecule has 208 valence electrons. The van der Waals surface area contributed by atoms with E-state index in [1.807, 2.05) is 0 Å². The molecular formula is C25H28ClF4N3O5. The first-order valence-corrected chi connectivity index (χ1v) is 12.3. The summed E-state index contributed by atoms with van der Waals surface area (Å²) in [5.74, 6) is -2.00. The van der Waals surface area contributed by atoms with Gasteiger partial charge in [-0.15, -0.1) is 0 Å². The van der Waals surface area contributed by atoms with Gasteiger partial charge in [-0.25, -0.2) is 9.37 Å². The molecule has 0 radical (unpaired) electrons. The number of carbonyl (C=O) groups is 2. The van der Waals surface area contributed by atoms with Gasteiger partial charge in [-0.2, -0.15) is 13.2 Å². The van der Waals surface area contributed by atoms with E-state index in [-0.39, 0.29) is 29.6 Å². The molecule has 1 atom stereocenters. The second kappa shape index (κ2) is 13.1. The number of halogens is 5. The Morgan fingerprint density at radius 3 is 2.47 bits per heavy atom. The summed E-state index contributed by atoms with van der Waals surface area (Å²) in [6.07, 6.45) is -1.77. The van der Waals surface area contributed by atoms with Gasteiger partial charge >= 0.3 is 6.18 Å². The van der Waals surface area contributed by atoms with E-state index in [0.717, 1.165) is 37.5 Å². The number of hydrogen-bond acceptors (Lipinski definition) is 6. The van der Waals surface area contributed by atoms with Gasteiger partial charge in [0.1, 0.15) is 17.3 Å². The predicted molar refractivity (Wildman–Crippen MR) is 129 cm³/mol. The van der Waals surface area contributed by atoms with E-state index in [1.165, 1.54) is 18.2 Å². The van der Waals surface area contributed by atoms with Crippen molar-refractivity contribution < 1.29 is 41.7 Å². The van der Waals surface area contributed by atoms with Crippen molar-refractivity contribution in [2.75, 3.05) is 19.8 Å². The summed E-state index contributed by atoms with van der Waals surface area (Å²) in [7, 11) is 0. The molecule has 38 heavy (non-hydrogen) atoms. The summed E-state index contributed by atoms with van der Waals surface area (Å²) in [4.78, 5) is 28.1. The molecule has 8 nitrogen and oxygen atoms in total. The molecule has 13 heteroatoms. The Hall–Kier alpha value is -3.12. The van der Waals surface area contributed by atoms with Crippen LogP contribution < -0.4 is 20.1 Å². The van der Waals surface area contributed by atoms with Crippen LogP contribution in [0.1, 0.15) is 44.2 Å². The minimum Gasteiger partial charge on any atom is -0.484 e. The first-order valence-electron chi connectivity index (χ1n) is 12.0. The number of aromatic nitrogens is 1. The van der Waals surface area contributed by atoms with Crippen LogP contribution in [-0.2, 0) is 15.8 Å². The fraction of sp³-hybridized carbons (Fsp3) is 0.480. The number of benzene rings is 1. The van der Waals surface area contributed by atoms with Crippen LogP contribution in [0.3, 0.4) is 0 Å². The third kappa shape index (κ3) is 9.02. The lowest BCUT2D eigenvalue weighted by Crippen LogP contribution is -2.54. The Morgan fingerprint density at radius 1 is 1.08 bits per heavy atom. The van der Waals surface area contributed by atoms with Crippen molar-refractivity contribution in [3.8, 4) is 11.6 Å². The molecule has 1 aromatic carbocycles. The highest BCUT2D eigenvalue weighted by Gasteiger charge is 2.36.